The molecule has 0 saturated carbocycles. The second-order valence-corrected chi connectivity index (χ2v) is 6.83. The largest absolute Gasteiger partial charge is 0.481 e. The van der Waals surface area contributed by atoms with Crippen molar-refractivity contribution in [2.75, 3.05) is 25.6 Å². The lowest BCUT2D eigenvalue weighted by atomic mass is 10.1. The van der Waals surface area contributed by atoms with Gasteiger partial charge in [0.15, 0.2) is 6.61 Å². The second kappa shape index (κ2) is 11.5. The number of nitrogens with zero attached hydrogens (tertiary/aromatic N) is 1. The maximum atomic E-state index is 12.4. The molecule has 1 N–H and O–H groups in total. The van der Waals surface area contributed by atoms with Gasteiger partial charge in [-0.3, -0.25) is 4.79 Å². The summed E-state index contributed by atoms with van der Waals surface area (Å²) in [6.45, 7) is 1.74. The van der Waals surface area contributed by atoms with Gasteiger partial charge in [-0.1, -0.05) is 6.07 Å². The van der Waals surface area contributed by atoms with Crippen molar-refractivity contribution in [2.45, 2.75) is 6.92 Å². The third-order valence-electron chi connectivity index (χ3n) is 3.85. The molecule has 2 rings (SSSR count). The van der Waals surface area contributed by atoms with Crippen LogP contribution in [0.3, 0.4) is 0 Å². The number of ether oxygens (including phenoxy) is 3. The Hall–Kier alpha value is -3.64. The summed E-state index contributed by atoms with van der Waals surface area (Å²) in [5.41, 5.74) is 1.21. The molecular weight excluding hydrogens is 468 g/mol. The monoisotopic (exact) mass is 486 g/mol. The third kappa shape index (κ3) is 6.97. The summed E-state index contributed by atoms with van der Waals surface area (Å²) < 4.78 is 15.3. The molecule has 0 aliphatic rings. The first-order valence-electron chi connectivity index (χ1n) is 9.07. The minimum absolute atomic E-state index is 0.121. The molecule has 31 heavy (non-hydrogen) atoms. The molecule has 1 amide bonds. The number of rotatable bonds is 8. The van der Waals surface area contributed by atoms with E-state index in [-0.39, 0.29) is 18.8 Å². The van der Waals surface area contributed by atoms with Crippen molar-refractivity contribution < 1.29 is 28.6 Å². The van der Waals surface area contributed by atoms with Crippen molar-refractivity contribution in [2.24, 2.45) is 0 Å². The smallest absolute Gasteiger partial charge is 0.344 e. The first-order valence-corrected chi connectivity index (χ1v) is 9.86. The number of carbonyl (C=O) groups excluding carboxylic acids is 3. The van der Waals surface area contributed by atoms with E-state index in [4.69, 9.17) is 9.47 Å². The van der Waals surface area contributed by atoms with Gasteiger partial charge >= 0.3 is 11.9 Å². The zero-order chi connectivity index (χ0) is 22.8. The predicted molar refractivity (Wildman–Crippen MR) is 116 cm³/mol. The summed E-state index contributed by atoms with van der Waals surface area (Å²) in [5, 5.41) is 12.0. The van der Waals surface area contributed by atoms with Gasteiger partial charge in [0.1, 0.15) is 17.4 Å². The minimum atomic E-state index is -0.605. The van der Waals surface area contributed by atoms with Crippen LogP contribution in [0.2, 0.25) is 0 Å². The highest BCUT2D eigenvalue weighted by atomic mass is 79.9. The van der Waals surface area contributed by atoms with Crippen molar-refractivity contribution >= 4 is 45.5 Å². The molecular formula is C22H19BrN2O6. The Labute approximate surface area is 187 Å². The highest BCUT2D eigenvalue weighted by Gasteiger charge is 2.12. The number of halogens is 1. The number of methoxy groups -OCH3 is 1. The molecule has 160 valence electrons. The van der Waals surface area contributed by atoms with Gasteiger partial charge in [0.2, 0.25) is 0 Å². The topological polar surface area (TPSA) is 115 Å². The third-order valence-corrected chi connectivity index (χ3v) is 4.47. The Kier molecular flexibility index (Phi) is 8.78. The van der Waals surface area contributed by atoms with E-state index < -0.39 is 17.8 Å². The van der Waals surface area contributed by atoms with Crippen LogP contribution in [0.5, 0.6) is 5.75 Å². The van der Waals surface area contributed by atoms with Crippen molar-refractivity contribution in [1.82, 2.24) is 0 Å². The van der Waals surface area contributed by atoms with Crippen molar-refractivity contribution in [3.8, 4) is 11.8 Å². The molecule has 2 aromatic rings. The Morgan fingerprint density at radius 2 is 1.87 bits per heavy atom. The van der Waals surface area contributed by atoms with Crippen LogP contribution in [0, 0.1) is 11.3 Å². The molecule has 0 saturated heterocycles. The average molecular weight is 487 g/mol. The maximum Gasteiger partial charge on any atom is 0.344 e. The lowest BCUT2D eigenvalue weighted by molar-refractivity contribution is -0.145. The Bertz CT molecular complexity index is 1040. The van der Waals surface area contributed by atoms with E-state index in [1.165, 1.54) is 37.5 Å². The second-order valence-electron chi connectivity index (χ2n) is 5.98. The van der Waals surface area contributed by atoms with Crippen LogP contribution >= 0.6 is 15.9 Å². The predicted octanol–water partition coefficient (Wildman–Crippen LogP) is 3.72. The van der Waals surface area contributed by atoms with Gasteiger partial charge < -0.3 is 19.5 Å². The Balaban J connectivity index is 2.09. The van der Waals surface area contributed by atoms with E-state index in [0.717, 1.165) is 0 Å². The summed E-state index contributed by atoms with van der Waals surface area (Å²) in [4.78, 5) is 35.3. The highest BCUT2D eigenvalue weighted by molar-refractivity contribution is 9.10. The number of anilines is 1. The van der Waals surface area contributed by atoms with Gasteiger partial charge in [0.05, 0.1) is 23.8 Å². The summed E-state index contributed by atoms with van der Waals surface area (Å²) in [6.07, 6.45) is 1.41. The van der Waals surface area contributed by atoms with Crippen LogP contribution < -0.4 is 10.1 Å². The fraction of sp³-hybridized carbons (Fsp3) is 0.182. The van der Waals surface area contributed by atoms with E-state index in [1.807, 2.05) is 6.07 Å². The van der Waals surface area contributed by atoms with Gasteiger partial charge in [-0.2, -0.15) is 5.26 Å². The molecule has 0 aromatic heterocycles. The van der Waals surface area contributed by atoms with Crippen LogP contribution in [0.25, 0.3) is 6.08 Å². The number of nitriles is 1. The van der Waals surface area contributed by atoms with Gasteiger partial charge in [0.25, 0.3) is 5.91 Å². The molecule has 0 bridgehead atoms. The van der Waals surface area contributed by atoms with E-state index in [2.05, 4.69) is 26.0 Å². The minimum Gasteiger partial charge on any atom is -0.481 e. The summed E-state index contributed by atoms with van der Waals surface area (Å²) in [6, 6.07) is 12.8. The van der Waals surface area contributed by atoms with Gasteiger partial charge in [-0.15, -0.1) is 0 Å². The molecule has 0 aliphatic heterocycles. The quantitative estimate of drug-likeness (QED) is 0.343. The number of hydrogen-bond donors (Lipinski definition) is 1. The molecule has 2 aromatic carbocycles. The zero-order valence-electron chi connectivity index (χ0n) is 16.8. The molecule has 9 heteroatoms. The number of amides is 1. The zero-order valence-corrected chi connectivity index (χ0v) is 18.4. The first kappa shape index (κ1) is 23.6. The SMILES string of the molecule is CCOC(=O)COc1ccc(/C=C(\C#N)C(=O)Nc2ccc(C(=O)OC)cc2)cc1Br. The molecule has 0 aliphatic carbocycles. The maximum absolute atomic E-state index is 12.4. The Morgan fingerprint density at radius 3 is 2.45 bits per heavy atom. The highest BCUT2D eigenvalue weighted by Crippen LogP contribution is 2.27. The lowest BCUT2D eigenvalue weighted by Crippen LogP contribution is -2.14. The van der Waals surface area contributed by atoms with Crippen molar-refractivity contribution in [3.05, 3.63) is 63.6 Å². The van der Waals surface area contributed by atoms with Gasteiger partial charge in [-0.25, -0.2) is 9.59 Å². The van der Waals surface area contributed by atoms with Crippen LogP contribution in [-0.2, 0) is 19.1 Å². The first-order chi connectivity index (χ1) is 14.9. The fourth-order valence-electron chi connectivity index (χ4n) is 2.38. The van der Waals surface area contributed by atoms with Gasteiger partial charge in [0, 0.05) is 5.69 Å². The molecule has 0 spiro atoms. The number of nitrogens with one attached hydrogen (secondary N) is 1. The standard InChI is InChI=1S/C22H19BrN2O6/c1-3-30-20(26)13-31-19-9-4-14(11-18(19)23)10-16(12-24)21(27)25-17-7-5-15(6-8-17)22(28)29-2/h4-11H,3,13H2,1-2H3,(H,25,27)/b16-10+. The van der Waals surface area contributed by atoms with Crippen molar-refractivity contribution in [3.63, 3.8) is 0 Å². The average Bonchev–Trinajstić information content (AvgIpc) is 2.77. The summed E-state index contributed by atoms with van der Waals surface area (Å²) >= 11 is 3.34. The van der Waals surface area contributed by atoms with E-state index >= 15 is 0 Å². The fourth-order valence-corrected chi connectivity index (χ4v) is 2.90. The van der Waals surface area contributed by atoms with Crippen LogP contribution in [0.1, 0.15) is 22.8 Å². The van der Waals surface area contributed by atoms with Gasteiger partial charge in [-0.05, 0) is 70.9 Å². The van der Waals surface area contributed by atoms with Crippen molar-refractivity contribution in [1.29, 1.82) is 5.26 Å². The normalized spacial score (nSPS) is 10.6. The number of benzene rings is 2. The molecule has 0 heterocycles. The summed E-state index contributed by atoms with van der Waals surface area (Å²) in [7, 11) is 1.28. The lowest BCUT2D eigenvalue weighted by Gasteiger charge is -2.09. The van der Waals surface area contributed by atoms with E-state index in [1.54, 1.807) is 25.1 Å². The van der Waals surface area contributed by atoms with E-state index in [9.17, 15) is 19.6 Å². The van der Waals surface area contributed by atoms with E-state index in [0.29, 0.717) is 27.0 Å². The molecule has 0 fully saturated rings. The molecule has 0 atom stereocenters. The van der Waals surface area contributed by atoms with Crippen LogP contribution in [0.15, 0.2) is 52.5 Å². The van der Waals surface area contributed by atoms with Crippen LogP contribution in [0.4, 0.5) is 5.69 Å². The number of carbonyl (C=O) groups is 3. The molecule has 0 unspecified atom stereocenters. The molecule has 0 radical (unpaired) electrons. The molecule has 8 nitrogen and oxygen atoms in total. The van der Waals surface area contributed by atoms with Crippen LogP contribution in [-0.4, -0.2) is 38.2 Å². The summed E-state index contributed by atoms with van der Waals surface area (Å²) in [5.74, 6) is -1.16. The Morgan fingerprint density at radius 1 is 1.16 bits per heavy atom. The number of hydrogen-bond acceptors (Lipinski definition) is 7. The number of esters is 2.